The lowest BCUT2D eigenvalue weighted by Gasteiger charge is -2.22. The number of anilines is 1. The van der Waals surface area contributed by atoms with Crippen LogP contribution in [0.4, 0.5) is 5.82 Å². The summed E-state index contributed by atoms with van der Waals surface area (Å²) in [4.78, 5) is 27.0. The summed E-state index contributed by atoms with van der Waals surface area (Å²) < 4.78 is 0. The molecule has 0 spiro atoms. The number of hydrogen-bond acceptors (Lipinski definition) is 4. The zero-order chi connectivity index (χ0) is 16.4. The van der Waals surface area contributed by atoms with Crippen LogP contribution in [0.1, 0.15) is 39.4 Å². The highest BCUT2D eigenvalue weighted by atomic mass is 35.5. The fourth-order valence-electron chi connectivity index (χ4n) is 1.48. The summed E-state index contributed by atoms with van der Waals surface area (Å²) in [5.41, 5.74) is -0.447. The van der Waals surface area contributed by atoms with Gasteiger partial charge in [-0.15, -0.1) is 0 Å². The van der Waals surface area contributed by atoms with E-state index in [1.807, 2.05) is 0 Å². The number of pyridine rings is 1. The summed E-state index contributed by atoms with van der Waals surface area (Å²) in [5, 5.41) is 21.8. The van der Waals surface area contributed by atoms with Crippen molar-refractivity contribution >= 4 is 29.3 Å². The lowest BCUT2D eigenvalue weighted by Crippen LogP contribution is -2.29. The number of aliphatic hydroxyl groups excluding tert-OH is 1. The third kappa shape index (κ3) is 4.41. The summed E-state index contributed by atoms with van der Waals surface area (Å²) in [5.74, 6) is -2.43. The molecule has 116 valence electrons. The molecule has 0 aliphatic rings. The molecule has 7 heteroatoms. The van der Waals surface area contributed by atoms with Crippen molar-refractivity contribution in [2.24, 2.45) is 11.3 Å². The molecule has 0 saturated carbocycles. The summed E-state index contributed by atoms with van der Waals surface area (Å²) in [6, 6.07) is 2.89. The quantitative estimate of drug-likeness (QED) is 0.741. The number of carboxylic acid groups (broad SMARTS) is 1. The number of carbonyl (C=O) groups excluding carboxylic acids is 1. The van der Waals surface area contributed by atoms with Gasteiger partial charge in [-0.25, -0.2) is 4.98 Å². The molecule has 0 aliphatic carbocycles. The molecule has 0 fully saturated rings. The van der Waals surface area contributed by atoms with E-state index in [9.17, 15) is 14.7 Å². The van der Waals surface area contributed by atoms with Crippen LogP contribution >= 0.6 is 11.6 Å². The van der Waals surface area contributed by atoms with E-state index in [2.05, 4.69) is 10.3 Å². The van der Waals surface area contributed by atoms with Crippen molar-refractivity contribution in [1.82, 2.24) is 4.98 Å². The number of carbonyl (C=O) groups is 2. The van der Waals surface area contributed by atoms with E-state index in [4.69, 9.17) is 16.7 Å². The Bertz CT molecular complexity index is 554. The van der Waals surface area contributed by atoms with Gasteiger partial charge in [-0.1, -0.05) is 32.4 Å². The zero-order valence-electron chi connectivity index (χ0n) is 12.3. The van der Waals surface area contributed by atoms with Crippen LogP contribution in [0.5, 0.6) is 0 Å². The molecule has 21 heavy (non-hydrogen) atoms. The van der Waals surface area contributed by atoms with E-state index in [1.165, 1.54) is 19.1 Å². The topological polar surface area (TPSA) is 99.5 Å². The van der Waals surface area contributed by atoms with E-state index < -0.39 is 23.4 Å². The van der Waals surface area contributed by atoms with Crippen LogP contribution in [0.15, 0.2) is 12.1 Å². The molecular weight excluding hydrogens is 296 g/mol. The van der Waals surface area contributed by atoms with Crippen molar-refractivity contribution in [2.45, 2.75) is 33.8 Å². The van der Waals surface area contributed by atoms with Gasteiger partial charge >= 0.3 is 5.97 Å². The van der Waals surface area contributed by atoms with E-state index in [-0.39, 0.29) is 22.4 Å². The molecule has 1 aromatic rings. The van der Waals surface area contributed by atoms with E-state index in [1.54, 1.807) is 20.8 Å². The molecule has 1 amide bonds. The number of aromatic nitrogens is 1. The van der Waals surface area contributed by atoms with Gasteiger partial charge in [-0.2, -0.15) is 0 Å². The monoisotopic (exact) mass is 314 g/mol. The van der Waals surface area contributed by atoms with Crippen molar-refractivity contribution in [3.05, 3.63) is 22.8 Å². The van der Waals surface area contributed by atoms with Gasteiger partial charge in [0, 0.05) is 11.0 Å². The molecule has 2 unspecified atom stereocenters. The van der Waals surface area contributed by atoms with Crippen molar-refractivity contribution < 1.29 is 19.8 Å². The normalized spacial score (nSPS) is 14.4. The lowest BCUT2D eigenvalue weighted by atomic mass is 9.94. The van der Waals surface area contributed by atoms with Gasteiger partial charge in [0.25, 0.3) is 0 Å². The van der Waals surface area contributed by atoms with Crippen LogP contribution in [0.25, 0.3) is 0 Å². The number of nitrogens with zero attached hydrogens (tertiary/aromatic N) is 1. The smallest absolute Gasteiger partial charge is 0.309 e. The van der Waals surface area contributed by atoms with Crippen LogP contribution in [0, 0.1) is 11.3 Å². The highest BCUT2D eigenvalue weighted by Gasteiger charge is 2.28. The predicted octanol–water partition coefficient (Wildman–Crippen LogP) is 2.47. The Hall–Kier alpha value is -1.66. The largest absolute Gasteiger partial charge is 0.481 e. The van der Waals surface area contributed by atoms with Crippen molar-refractivity contribution in [1.29, 1.82) is 0 Å². The Morgan fingerprint density at radius 3 is 2.38 bits per heavy atom. The van der Waals surface area contributed by atoms with E-state index in [0.29, 0.717) is 0 Å². The van der Waals surface area contributed by atoms with Gasteiger partial charge in [0.15, 0.2) is 0 Å². The van der Waals surface area contributed by atoms with Gasteiger partial charge < -0.3 is 15.5 Å². The zero-order valence-corrected chi connectivity index (χ0v) is 13.1. The average molecular weight is 315 g/mol. The number of carboxylic acids is 1. The first-order valence-corrected chi connectivity index (χ1v) is 6.80. The standard InChI is InChI=1S/C14H19ClN2O4/c1-7(12(19)20)10(18)8-5-6-9(15)16-11(8)17-13(21)14(2,3)4/h5-7,10,18H,1-4H3,(H,19,20)(H,16,17,21). The van der Waals surface area contributed by atoms with Crippen molar-refractivity contribution in [2.75, 3.05) is 5.32 Å². The third-order valence-corrected chi connectivity index (χ3v) is 3.20. The Balaban J connectivity index is 3.17. The van der Waals surface area contributed by atoms with Gasteiger partial charge in [-0.05, 0) is 19.1 Å². The Kier molecular flexibility index (Phi) is 5.31. The number of rotatable bonds is 4. The van der Waals surface area contributed by atoms with Crippen LogP contribution in [-0.4, -0.2) is 27.1 Å². The molecule has 6 nitrogen and oxygen atoms in total. The van der Waals surface area contributed by atoms with Crippen LogP contribution < -0.4 is 5.32 Å². The molecule has 0 saturated heterocycles. The maximum absolute atomic E-state index is 12.0. The lowest BCUT2D eigenvalue weighted by molar-refractivity contribution is -0.145. The Morgan fingerprint density at radius 1 is 1.33 bits per heavy atom. The fourth-order valence-corrected chi connectivity index (χ4v) is 1.63. The molecule has 0 aliphatic heterocycles. The molecular formula is C14H19ClN2O4. The van der Waals surface area contributed by atoms with Crippen molar-refractivity contribution in [3.8, 4) is 0 Å². The third-order valence-electron chi connectivity index (χ3n) is 2.99. The van der Waals surface area contributed by atoms with Crippen molar-refractivity contribution in [3.63, 3.8) is 0 Å². The minimum Gasteiger partial charge on any atom is -0.481 e. The molecule has 2 atom stereocenters. The second-order valence-corrected chi connectivity index (χ2v) is 6.23. The first-order chi connectivity index (χ1) is 9.54. The predicted molar refractivity (Wildman–Crippen MR) is 79.1 cm³/mol. The van der Waals surface area contributed by atoms with Crippen LogP contribution in [-0.2, 0) is 9.59 Å². The van der Waals surface area contributed by atoms with Crippen LogP contribution in [0.3, 0.4) is 0 Å². The van der Waals surface area contributed by atoms with Gasteiger partial charge in [0.1, 0.15) is 11.0 Å². The SMILES string of the molecule is CC(C(=O)O)C(O)c1ccc(Cl)nc1NC(=O)C(C)(C)C. The second-order valence-electron chi connectivity index (χ2n) is 5.85. The molecule has 1 heterocycles. The number of amides is 1. The Labute approximate surface area is 128 Å². The summed E-state index contributed by atoms with van der Waals surface area (Å²) >= 11 is 5.80. The molecule has 0 radical (unpaired) electrons. The minimum absolute atomic E-state index is 0.0722. The molecule has 3 N–H and O–H groups in total. The van der Waals surface area contributed by atoms with E-state index >= 15 is 0 Å². The number of halogens is 1. The van der Waals surface area contributed by atoms with Gasteiger partial charge in [0.05, 0.1) is 12.0 Å². The second kappa shape index (κ2) is 6.41. The molecule has 1 aromatic heterocycles. The first-order valence-electron chi connectivity index (χ1n) is 6.42. The Morgan fingerprint density at radius 2 is 1.90 bits per heavy atom. The fraction of sp³-hybridized carbons (Fsp3) is 0.500. The molecule has 0 bridgehead atoms. The maximum atomic E-state index is 12.0. The summed E-state index contributed by atoms with van der Waals surface area (Å²) in [7, 11) is 0. The maximum Gasteiger partial charge on any atom is 0.309 e. The van der Waals surface area contributed by atoms with Gasteiger partial charge in [0.2, 0.25) is 5.91 Å². The summed E-state index contributed by atoms with van der Waals surface area (Å²) in [6.07, 6.45) is -1.30. The highest BCUT2D eigenvalue weighted by molar-refractivity contribution is 6.29. The molecule has 0 aromatic carbocycles. The highest BCUT2D eigenvalue weighted by Crippen LogP contribution is 2.29. The number of nitrogens with one attached hydrogen (secondary N) is 1. The van der Waals surface area contributed by atoms with Crippen LogP contribution in [0.2, 0.25) is 5.15 Å². The molecule has 1 rings (SSSR count). The first kappa shape index (κ1) is 17.4. The summed E-state index contributed by atoms with van der Waals surface area (Å²) in [6.45, 7) is 6.55. The minimum atomic E-state index is -1.30. The van der Waals surface area contributed by atoms with E-state index in [0.717, 1.165) is 0 Å². The number of aliphatic carboxylic acids is 1. The number of hydrogen-bond donors (Lipinski definition) is 3. The van der Waals surface area contributed by atoms with Gasteiger partial charge in [-0.3, -0.25) is 9.59 Å². The average Bonchev–Trinajstić information content (AvgIpc) is 2.36. The number of aliphatic hydroxyl groups is 1.